The number of carbonyl (C=O) groups excluding carboxylic acids is 1. The van der Waals surface area contributed by atoms with Gasteiger partial charge in [0, 0.05) is 17.8 Å². The molecule has 0 aromatic heterocycles. The van der Waals surface area contributed by atoms with Crippen LogP contribution in [0.15, 0.2) is 90.3 Å². The predicted molar refractivity (Wildman–Crippen MR) is 119 cm³/mol. The molecular weight excluding hydrogens is 416 g/mol. The maximum absolute atomic E-state index is 12.5. The summed E-state index contributed by atoms with van der Waals surface area (Å²) in [6, 6.07) is 19.8. The van der Waals surface area contributed by atoms with Gasteiger partial charge in [-0.05, 0) is 60.7 Å². The van der Waals surface area contributed by atoms with Gasteiger partial charge in [0.05, 0.1) is 12.0 Å². The normalized spacial score (nSPS) is 10.9. The third-order valence-electron chi connectivity index (χ3n) is 4.25. The topological polar surface area (TPSA) is 93.7 Å². The van der Waals surface area contributed by atoms with Crippen molar-refractivity contribution in [2.24, 2.45) is 0 Å². The minimum absolute atomic E-state index is 0.0729. The number of hydrogen-bond donors (Lipinski definition) is 2. The Kier molecular flexibility index (Phi) is 7.07. The molecular formula is C23H22N2O5S. The van der Waals surface area contributed by atoms with Crippen molar-refractivity contribution in [1.82, 2.24) is 4.72 Å². The Morgan fingerprint density at radius 1 is 0.968 bits per heavy atom. The summed E-state index contributed by atoms with van der Waals surface area (Å²) in [5.74, 6) is 1.43. The monoisotopic (exact) mass is 438 g/mol. The number of methoxy groups -OCH3 is 1. The first kappa shape index (κ1) is 22.1. The molecule has 0 bridgehead atoms. The number of hydrogen-bond acceptors (Lipinski definition) is 5. The maximum atomic E-state index is 12.5. The molecule has 3 aromatic rings. The molecule has 2 N–H and O–H groups in total. The fourth-order valence-electron chi connectivity index (χ4n) is 2.68. The van der Waals surface area contributed by atoms with E-state index in [4.69, 9.17) is 9.47 Å². The summed E-state index contributed by atoms with van der Waals surface area (Å²) >= 11 is 0. The first-order chi connectivity index (χ1) is 14.9. The average Bonchev–Trinajstić information content (AvgIpc) is 2.79. The number of benzene rings is 3. The van der Waals surface area contributed by atoms with Crippen LogP contribution in [0.2, 0.25) is 0 Å². The Morgan fingerprint density at radius 2 is 1.61 bits per heavy atom. The molecule has 0 radical (unpaired) electrons. The van der Waals surface area contributed by atoms with Crippen LogP contribution in [0.4, 0.5) is 5.69 Å². The number of sulfonamides is 1. The summed E-state index contributed by atoms with van der Waals surface area (Å²) in [6.07, 6.45) is 1.45. The van der Waals surface area contributed by atoms with Gasteiger partial charge in [0.15, 0.2) is 11.5 Å². The lowest BCUT2D eigenvalue weighted by atomic mass is 10.2. The van der Waals surface area contributed by atoms with Gasteiger partial charge in [0.25, 0.3) is 5.91 Å². The Bertz CT molecular complexity index is 1160. The van der Waals surface area contributed by atoms with Crippen LogP contribution in [0.1, 0.15) is 10.4 Å². The van der Waals surface area contributed by atoms with E-state index in [1.54, 1.807) is 43.5 Å². The molecule has 7 nitrogen and oxygen atoms in total. The zero-order chi connectivity index (χ0) is 22.3. The lowest BCUT2D eigenvalue weighted by Gasteiger charge is -2.11. The largest absolute Gasteiger partial charge is 0.493 e. The second-order valence-electron chi connectivity index (χ2n) is 6.40. The van der Waals surface area contributed by atoms with E-state index in [0.29, 0.717) is 28.5 Å². The average molecular weight is 439 g/mol. The van der Waals surface area contributed by atoms with Crippen molar-refractivity contribution in [2.45, 2.75) is 4.90 Å². The van der Waals surface area contributed by atoms with Gasteiger partial charge in [-0.3, -0.25) is 4.79 Å². The Hall–Kier alpha value is -3.62. The summed E-state index contributed by atoms with van der Waals surface area (Å²) in [4.78, 5) is 12.5. The van der Waals surface area contributed by atoms with E-state index < -0.39 is 10.0 Å². The third-order valence-corrected chi connectivity index (χ3v) is 5.69. The summed E-state index contributed by atoms with van der Waals surface area (Å²) in [5.41, 5.74) is 0.902. The van der Waals surface area contributed by atoms with E-state index in [1.807, 2.05) is 12.1 Å². The van der Waals surface area contributed by atoms with E-state index in [9.17, 15) is 13.2 Å². The van der Waals surface area contributed by atoms with Gasteiger partial charge >= 0.3 is 0 Å². The number of para-hydroxylation sites is 2. The highest BCUT2D eigenvalue weighted by atomic mass is 32.2. The molecule has 1 amide bonds. The van der Waals surface area contributed by atoms with E-state index in [0.717, 1.165) is 0 Å². The minimum atomic E-state index is -3.64. The second-order valence-corrected chi connectivity index (χ2v) is 8.16. The van der Waals surface area contributed by atoms with E-state index >= 15 is 0 Å². The molecule has 0 fully saturated rings. The molecule has 0 unspecified atom stereocenters. The fourth-order valence-corrected chi connectivity index (χ4v) is 3.68. The zero-order valence-electron chi connectivity index (χ0n) is 16.9. The Labute approximate surface area is 181 Å². The van der Waals surface area contributed by atoms with Crippen molar-refractivity contribution in [3.63, 3.8) is 0 Å². The SMILES string of the molecule is C=CCNS(=O)(=O)c1ccc(C(=O)Nc2ccc(Oc3ccccc3OC)cc2)cc1. The number of rotatable bonds is 9. The highest BCUT2D eigenvalue weighted by Crippen LogP contribution is 2.31. The molecule has 0 atom stereocenters. The second kappa shape index (κ2) is 9.92. The summed E-state index contributed by atoms with van der Waals surface area (Å²) < 4.78 is 37.6. The molecule has 160 valence electrons. The van der Waals surface area contributed by atoms with Gasteiger partial charge in [-0.25, -0.2) is 13.1 Å². The number of anilines is 1. The first-order valence-corrected chi connectivity index (χ1v) is 10.8. The van der Waals surface area contributed by atoms with Crippen LogP contribution in [0.25, 0.3) is 0 Å². The Morgan fingerprint density at radius 3 is 2.23 bits per heavy atom. The van der Waals surface area contributed by atoms with Gasteiger partial charge in [-0.1, -0.05) is 18.2 Å². The van der Waals surface area contributed by atoms with Crippen LogP contribution in [-0.2, 0) is 10.0 Å². The van der Waals surface area contributed by atoms with Crippen LogP contribution in [0, 0.1) is 0 Å². The van der Waals surface area contributed by atoms with Crippen LogP contribution >= 0.6 is 0 Å². The van der Waals surface area contributed by atoms with Crippen molar-refractivity contribution >= 4 is 21.6 Å². The highest BCUT2D eigenvalue weighted by molar-refractivity contribution is 7.89. The van der Waals surface area contributed by atoms with Crippen molar-refractivity contribution < 1.29 is 22.7 Å². The lowest BCUT2D eigenvalue weighted by Crippen LogP contribution is -2.23. The lowest BCUT2D eigenvalue weighted by molar-refractivity contribution is 0.102. The van der Waals surface area contributed by atoms with Crippen molar-refractivity contribution in [3.05, 3.63) is 91.0 Å². The van der Waals surface area contributed by atoms with E-state index in [-0.39, 0.29) is 17.3 Å². The molecule has 0 spiro atoms. The van der Waals surface area contributed by atoms with E-state index in [1.165, 1.54) is 30.3 Å². The van der Waals surface area contributed by atoms with Gasteiger partial charge in [-0.15, -0.1) is 6.58 Å². The van der Waals surface area contributed by atoms with Gasteiger partial charge in [0.2, 0.25) is 10.0 Å². The molecule has 0 aliphatic rings. The summed E-state index contributed by atoms with van der Waals surface area (Å²) in [6.45, 7) is 3.60. The quantitative estimate of drug-likeness (QED) is 0.488. The highest BCUT2D eigenvalue weighted by Gasteiger charge is 2.14. The van der Waals surface area contributed by atoms with Crippen LogP contribution in [0.5, 0.6) is 17.2 Å². The number of carbonyl (C=O) groups is 1. The van der Waals surface area contributed by atoms with Crippen molar-refractivity contribution in [3.8, 4) is 17.2 Å². The van der Waals surface area contributed by atoms with Gasteiger partial charge in [0.1, 0.15) is 5.75 Å². The molecule has 3 rings (SSSR count). The van der Waals surface area contributed by atoms with E-state index in [2.05, 4.69) is 16.6 Å². The molecule has 0 heterocycles. The molecule has 0 saturated heterocycles. The van der Waals surface area contributed by atoms with Crippen LogP contribution in [-0.4, -0.2) is 28.0 Å². The van der Waals surface area contributed by atoms with Crippen molar-refractivity contribution in [1.29, 1.82) is 0 Å². The molecule has 0 saturated carbocycles. The Balaban J connectivity index is 1.65. The van der Waals surface area contributed by atoms with Gasteiger partial charge < -0.3 is 14.8 Å². The smallest absolute Gasteiger partial charge is 0.255 e. The van der Waals surface area contributed by atoms with Gasteiger partial charge in [-0.2, -0.15) is 0 Å². The molecule has 8 heteroatoms. The first-order valence-electron chi connectivity index (χ1n) is 9.36. The molecule has 0 aliphatic heterocycles. The molecule has 0 aliphatic carbocycles. The molecule has 3 aromatic carbocycles. The molecule has 31 heavy (non-hydrogen) atoms. The third kappa shape index (κ3) is 5.71. The maximum Gasteiger partial charge on any atom is 0.255 e. The summed E-state index contributed by atoms with van der Waals surface area (Å²) in [7, 11) is -2.07. The zero-order valence-corrected chi connectivity index (χ0v) is 17.7. The fraction of sp³-hybridized carbons (Fsp3) is 0.0870. The van der Waals surface area contributed by atoms with Crippen LogP contribution in [0.3, 0.4) is 0 Å². The summed E-state index contributed by atoms with van der Waals surface area (Å²) in [5, 5.41) is 2.77. The standard InChI is InChI=1S/C23H22N2O5S/c1-3-16-24-31(27,28)20-14-8-17(9-15-20)23(26)25-18-10-12-19(13-11-18)30-22-7-5-4-6-21(22)29-2/h3-15,24H,1,16H2,2H3,(H,25,26). The van der Waals surface area contributed by atoms with Crippen LogP contribution < -0.4 is 19.5 Å². The number of ether oxygens (including phenoxy) is 2. The van der Waals surface area contributed by atoms with Crippen molar-refractivity contribution in [2.75, 3.05) is 19.0 Å². The predicted octanol–water partition coefficient (Wildman–Crippen LogP) is 4.20. The number of amides is 1. The minimum Gasteiger partial charge on any atom is -0.493 e. The number of nitrogens with one attached hydrogen (secondary N) is 2.